The van der Waals surface area contributed by atoms with E-state index in [0.717, 1.165) is 17.0 Å². The summed E-state index contributed by atoms with van der Waals surface area (Å²) < 4.78 is 6.91. The number of hydrogen-bond acceptors (Lipinski definition) is 5. The lowest BCUT2D eigenvalue weighted by molar-refractivity contribution is -0.115. The molecule has 0 aliphatic carbocycles. The second-order valence-corrected chi connectivity index (χ2v) is 6.34. The summed E-state index contributed by atoms with van der Waals surface area (Å²) in [6.07, 6.45) is 2.09. The molecule has 0 aliphatic rings. The number of amides is 1. The second kappa shape index (κ2) is 7.48. The molecule has 2 aromatic carbocycles. The predicted molar refractivity (Wildman–Crippen MR) is 107 cm³/mol. The van der Waals surface area contributed by atoms with E-state index in [-0.39, 0.29) is 12.3 Å². The number of ether oxygens (including phenoxy) is 1. The Morgan fingerprint density at radius 3 is 2.54 bits per heavy atom. The van der Waals surface area contributed by atoms with E-state index in [2.05, 4.69) is 20.4 Å². The fourth-order valence-corrected chi connectivity index (χ4v) is 2.94. The van der Waals surface area contributed by atoms with Gasteiger partial charge in [-0.2, -0.15) is 5.10 Å². The highest BCUT2D eigenvalue weighted by molar-refractivity contribution is 5.98. The zero-order valence-electron chi connectivity index (χ0n) is 15.6. The van der Waals surface area contributed by atoms with Crippen LogP contribution in [0, 0.1) is 6.92 Å². The third-order valence-electron chi connectivity index (χ3n) is 4.28. The van der Waals surface area contributed by atoms with Crippen LogP contribution in [0.15, 0.2) is 60.8 Å². The Labute approximate surface area is 162 Å². The molecule has 0 spiro atoms. The molecule has 4 aromatic rings. The normalized spacial score (nSPS) is 10.8. The Morgan fingerprint density at radius 2 is 1.82 bits per heavy atom. The number of aromatic nitrogens is 4. The van der Waals surface area contributed by atoms with Crippen LogP contribution in [0.2, 0.25) is 0 Å². The van der Waals surface area contributed by atoms with E-state index in [0.29, 0.717) is 22.7 Å². The fourth-order valence-electron chi connectivity index (χ4n) is 2.94. The summed E-state index contributed by atoms with van der Waals surface area (Å²) in [4.78, 5) is 21.3. The maximum Gasteiger partial charge on any atom is 0.230 e. The van der Waals surface area contributed by atoms with Gasteiger partial charge in [0.05, 0.1) is 25.4 Å². The number of methoxy groups -OCH3 is 1. The van der Waals surface area contributed by atoms with Gasteiger partial charge in [0.25, 0.3) is 0 Å². The number of fused-ring (bicyclic) bond motifs is 1. The molecule has 0 radical (unpaired) electrons. The van der Waals surface area contributed by atoms with Gasteiger partial charge in [0.2, 0.25) is 5.91 Å². The van der Waals surface area contributed by atoms with E-state index in [9.17, 15) is 4.79 Å². The highest BCUT2D eigenvalue weighted by Crippen LogP contribution is 2.22. The number of carbonyl (C=O) groups excluding carboxylic acids is 1. The number of nitrogens with zero attached hydrogens (tertiary/aromatic N) is 4. The van der Waals surface area contributed by atoms with Gasteiger partial charge < -0.3 is 10.1 Å². The van der Waals surface area contributed by atoms with Gasteiger partial charge in [-0.25, -0.2) is 14.6 Å². The van der Waals surface area contributed by atoms with Gasteiger partial charge in [0.15, 0.2) is 11.3 Å². The molecule has 2 heterocycles. The average Bonchev–Trinajstić information content (AvgIpc) is 3.13. The summed E-state index contributed by atoms with van der Waals surface area (Å²) in [6, 6.07) is 17.1. The van der Waals surface area contributed by atoms with Gasteiger partial charge in [0, 0.05) is 0 Å². The van der Waals surface area contributed by atoms with Crippen molar-refractivity contribution in [2.24, 2.45) is 0 Å². The maximum atomic E-state index is 12.5. The third kappa shape index (κ3) is 3.68. The van der Waals surface area contributed by atoms with Crippen molar-refractivity contribution in [1.82, 2.24) is 19.7 Å². The molecule has 0 saturated heterocycles. The SMILES string of the molecule is COc1ccc(-n2cc3nc(C)nc(NC(=O)Cc4ccccc4)c3n2)cc1. The largest absolute Gasteiger partial charge is 0.497 e. The van der Waals surface area contributed by atoms with E-state index in [1.54, 1.807) is 18.7 Å². The molecule has 0 bridgehead atoms. The molecule has 1 amide bonds. The average molecular weight is 373 g/mol. The summed E-state index contributed by atoms with van der Waals surface area (Å²) in [7, 11) is 1.62. The first kappa shape index (κ1) is 17.7. The Morgan fingerprint density at radius 1 is 1.07 bits per heavy atom. The molecule has 2 aromatic heterocycles. The summed E-state index contributed by atoms with van der Waals surface area (Å²) in [5.41, 5.74) is 3.00. The van der Waals surface area contributed by atoms with Crippen LogP contribution < -0.4 is 10.1 Å². The van der Waals surface area contributed by atoms with Crippen molar-refractivity contribution < 1.29 is 9.53 Å². The molecule has 0 saturated carbocycles. The quantitative estimate of drug-likeness (QED) is 0.580. The van der Waals surface area contributed by atoms with Crippen molar-refractivity contribution in [3.8, 4) is 11.4 Å². The maximum absolute atomic E-state index is 12.5. The smallest absolute Gasteiger partial charge is 0.230 e. The first-order valence-corrected chi connectivity index (χ1v) is 8.84. The molecule has 0 aliphatic heterocycles. The standard InChI is InChI=1S/C21H19N5O2/c1-14-22-18-13-26(16-8-10-17(28-2)11-9-16)25-20(18)21(23-14)24-19(27)12-15-6-4-3-5-7-15/h3-11,13H,12H2,1-2H3,(H,22,23,24,27). The topological polar surface area (TPSA) is 81.9 Å². The molecule has 7 nitrogen and oxygen atoms in total. The van der Waals surface area contributed by atoms with Crippen molar-refractivity contribution in [1.29, 1.82) is 0 Å². The number of nitrogens with one attached hydrogen (secondary N) is 1. The Kier molecular flexibility index (Phi) is 4.72. The Hall–Kier alpha value is -3.74. The lowest BCUT2D eigenvalue weighted by Gasteiger charge is -2.06. The summed E-state index contributed by atoms with van der Waals surface area (Å²) in [5.74, 6) is 1.60. The monoisotopic (exact) mass is 373 g/mol. The number of hydrogen-bond donors (Lipinski definition) is 1. The van der Waals surface area contributed by atoms with E-state index >= 15 is 0 Å². The van der Waals surface area contributed by atoms with Crippen LogP contribution in [-0.4, -0.2) is 32.8 Å². The zero-order chi connectivity index (χ0) is 19.5. The van der Waals surface area contributed by atoms with Crippen molar-refractivity contribution in [3.63, 3.8) is 0 Å². The van der Waals surface area contributed by atoms with Crippen molar-refractivity contribution in [2.45, 2.75) is 13.3 Å². The van der Waals surface area contributed by atoms with Crippen LogP contribution in [0.4, 0.5) is 5.82 Å². The number of aryl methyl sites for hydroxylation is 1. The van der Waals surface area contributed by atoms with E-state index < -0.39 is 0 Å². The molecule has 28 heavy (non-hydrogen) atoms. The van der Waals surface area contributed by atoms with Crippen LogP contribution >= 0.6 is 0 Å². The molecule has 4 rings (SSSR count). The lowest BCUT2D eigenvalue weighted by Crippen LogP contribution is -2.16. The van der Waals surface area contributed by atoms with Gasteiger partial charge >= 0.3 is 0 Å². The van der Waals surface area contributed by atoms with Crippen molar-refractivity contribution >= 4 is 22.8 Å². The molecular weight excluding hydrogens is 354 g/mol. The zero-order valence-corrected chi connectivity index (χ0v) is 15.6. The highest BCUT2D eigenvalue weighted by atomic mass is 16.5. The third-order valence-corrected chi connectivity index (χ3v) is 4.28. The highest BCUT2D eigenvalue weighted by Gasteiger charge is 2.14. The molecule has 1 N–H and O–H groups in total. The molecule has 0 unspecified atom stereocenters. The van der Waals surface area contributed by atoms with Crippen molar-refractivity contribution in [3.05, 3.63) is 72.2 Å². The van der Waals surface area contributed by atoms with Crippen LogP contribution in [0.3, 0.4) is 0 Å². The Balaban J connectivity index is 1.64. The predicted octanol–water partition coefficient (Wildman–Crippen LogP) is 3.31. The minimum atomic E-state index is -0.149. The van der Waals surface area contributed by atoms with Crippen molar-refractivity contribution in [2.75, 3.05) is 12.4 Å². The summed E-state index contributed by atoms with van der Waals surface area (Å²) >= 11 is 0. The van der Waals surface area contributed by atoms with Gasteiger partial charge in [-0.1, -0.05) is 30.3 Å². The molecule has 7 heteroatoms. The van der Waals surface area contributed by atoms with E-state index in [4.69, 9.17) is 4.74 Å². The van der Waals surface area contributed by atoms with E-state index in [1.807, 2.05) is 60.8 Å². The molecule has 0 fully saturated rings. The molecular formula is C21H19N5O2. The molecule has 140 valence electrons. The Bertz CT molecular complexity index is 1120. The number of benzene rings is 2. The van der Waals surface area contributed by atoms with Gasteiger partial charge in [-0.15, -0.1) is 0 Å². The number of rotatable bonds is 5. The molecule has 0 atom stereocenters. The van der Waals surface area contributed by atoms with Crippen LogP contribution in [-0.2, 0) is 11.2 Å². The van der Waals surface area contributed by atoms with Crippen LogP contribution in [0.1, 0.15) is 11.4 Å². The second-order valence-electron chi connectivity index (χ2n) is 6.34. The summed E-state index contributed by atoms with van der Waals surface area (Å²) in [5, 5.41) is 7.45. The first-order valence-electron chi connectivity index (χ1n) is 8.84. The fraction of sp³-hybridized carbons (Fsp3) is 0.143. The minimum Gasteiger partial charge on any atom is -0.497 e. The number of carbonyl (C=O) groups is 1. The summed E-state index contributed by atoms with van der Waals surface area (Å²) in [6.45, 7) is 1.79. The van der Waals surface area contributed by atoms with Gasteiger partial charge in [-0.05, 0) is 36.8 Å². The lowest BCUT2D eigenvalue weighted by atomic mass is 10.1. The minimum absolute atomic E-state index is 0.149. The van der Waals surface area contributed by atoms with Crippen LogP contribution in [0.25, 0.3) is 16.7 Å². The van der Waals surface area contributed by atoms with Crippen LogP contribution in [0.5, 0.6) is 5.75 Å². The number of anilines is 1. The van der Waals surface area contributed by atoms with E-state index in [1.165, 1.54) is 0 Å². The van der Waals surface area contributed by atoms with Gasteiger partial charge in [-0.3, -0.25) is 4.79 Å². The first-order chi connectivity index (χ1) is 13.6. The van der Waals surface area contributed by atoms with Gasteiger partial charge in [0.1, 0.15) is 17.1 Å².